The van der Waals surface area contributed by atoms with Gasteiger partial charge in [-0.3, -0.25) is 4.90 Å². The van der Waals surface area contributed by atoms with E-state index in [1.165, 1.54) is 0 Å². The summed E-state index contributed by atoms with van der Waals surface area (Å²) >= 11 is 0. The number of unbranched alkanes of at least 4 members (excludes halogenated alkanes) is 1. The largest absolute Gasteiger partial charge is 0.311 e. The summed E-state index contributed by atoms with van der Waals surface area (Å²) in [5, 5.41) is 3.65. The zero-order valence-corrected chi connectivity index (χ0v) is 11.2. The molecular formula is C14H26N2. The molecule has 0 saturated carbocycles. The smallest absolute Gasteiger partial charge is 0.0244 e. The molecule has 92 valence electrons. The lowest BCUT2D eigenvalue weighted by molar-refractivity contribution is 0.0931. The number of terminal acetylenes is 1. The van der Waals surface area contributed by atoms with Crippen molar-refractivity contribution < 1.29 is 0 Å². The Hall–Kier alpha value is -0.520. The van der Waals surface area contributed by atoms with Crippen LogP contribution < -0.4 is 5.32 Å². The first-order valence-electron chi connectivity index (χ1n) is 6.36. The minimum Gasteiger partial charge on any atom is -0.311 e. The average molecular weight is 222 g/mol. The first kappa shape index (κ1) is 13.5. The second-order valence-electron chi connectivity index (χ2n) is 5.98. The van der Waals surface area contributed by atoms with Gasteiger partial charge in [-0.1, -0.05) is 20.8 Å². The fourth-order valence-electron chi connectivity index (χ4n) is 2.20. The van der Waals surface area contributed by atoms with Crippen LogP contribution >= 0.6 is 0 Å². The van der Waals surface area contributed by atoms with E-state index in [0.29, 0.717) is 17.5 Å². The lowest BCUT2D eigenvalue weighted by Gasteiger charge is -2.44. The van der Waals surface area contributed by atoms with Crippen LogP contribution in [0.2, 0.25) is 0 Å². The lowest BCUT2D eigenvalue weighted by Crippen LogP contribution is -2.59. The molecule has 2 nitrogen and oxygen atoms in total. The fraction of sp³-hybridized carbons (Fsp3) is 0.857. The van der Waals surface area contributed by atoms with Gasteiger partial charge in [0.1, 0.15) is 0 Å². The Morgan fingerprint density at radius 2 is 2.12 bits per heavy atom. The minimum absolute atomic E-state index is 0.338. The van der Waals surface area contributed by atoms with Crippen molar-refractivity contribution >= 4 is 0 Å². The van der Waals surface area contributed by atoms with E-state index in [1.807, 2.05) is 0 Å². The molecule has 2 unspecified atom stereocenters. The van der Waals surface area contributed by atoms with Gasteiger partial charge in [-0.05, 0) is 25.3 Å². The molecule has 0 bridgehead atoms. The van der Waals surface area contributed by atoms with Crippen molar-refractivity contribution in [2.75, 3.05) is 19.6 Å². The van der Waals surface area contributed by atoms with Crippen molar-refractivity contribution in [1.29, 1.82) is 0 Å². The van der Waals surface area contributed by atoms with Crippen LogP contribution in [0.5, 0.6) is 0 Å². The Bertz CT molecular complexity index is 246. The number of hydrogen-bond acceptors (Lipinski definition) is 2. The van der Waals surface area contributed by atoms with E-state index in [2.05, 4.69) is 43.8 Å². The van der Waals surface area contributed by atoms with Gasteiger partial charge in [0, 0.05) is 31.6 Å². The third-order valence-electron chi connectivity index (χ3n) is 3.51. The van der Waals surface area contributed by atoms with Crippen molar-refractivity contribution in [3.8, 4) is 12.3 Å². The SMILES string of the molecule is C#CCCCN1CC(C(C)(C)C)NCC1C. The van der Waals surface area contributed by atoms with Gasteiger partial charge in [-0.2, -0.15) is 0 Å². The van der Waals surface area contributed by atoms with E-state index in [1.54, 1.807) is 0 Å². The number of piperazine rings is 1. The van der Waals surface area contributed by atoms with Gasteiger partial charge in [0.2, 0.25) is 0 Å². The molecule has 16 heavy (non-hydrogen) atoms. The van der Waals surface area contributed by atoms with Crippen molar-refractivity contribution in [3.63, 3.8) is 0 Å². The number of hydrogen-bond donors (Lipinski definition) is 1. The van der Waals surface area contributed by atoms with Crippen molar-refractivity contribution in [3.05, 3.63) is 0 Å². The number of nitrogens with one attached hydrogen (secondary N) is 1. The molecule has 0 aromatic carbocycles. The maximum Gasteiger partial charge on any atom is 0.0244 e. The Balaban J connectivity index is 2.46. The molecular weight excluding hydrogens is 196 g/mol. The molecule has 1 saturated heterocycles. The fourth-order valence-corrected chi connectivity index (χ4v) is 2.20. The Labute approximate surface area is 101 Å². The maximum absolute atomic E-state index is 5.29. The van der Waals surface area contributed by atoms with Crippen molar-refractivity contribution in [2.45, 2.75) is 52.6 Å². The van der Waals surface area contributed by atoms with Crippen molar-refractivity contribution in [1.82, 2.24) is 10.2 Å². The van der Waals surface area contributed by atoms with Crippen LogP contribution in [0.1, 0.15) is 40.5 Å². The molecule has 0 radical (unpaired) electrons. The molecule has 0 aliphatic carbocycles. The highest BCUT2D eigenvalue weighted by molar-refractivity contribution is 4.91. The summed E-state index contributed by atoms with van der Waals surface area (Å²) in [4.78, 5) is 2.57. The molecule has 0 spiro atoms. The van der Waals surface area contributed by atoms with Crippen molar-refractivity contribution in [2.24, 2.45) is 5.41 Å². The van der Waals surface area contributed by atoms with Gasteiger partial charge in [-0.25, -0.2) is 0 Å². The average Bonchev–Trinajstić information content (AvgIpc) is 2.19. The molecule has 1 fully saturated rings. The predicted molar refractivity (Wildman–Crippen MR) is 70.3 cm³/mol. The highest BCUT2D eigenvalue weighted by Gasteiger charge is 2.31. The van der Waals surface area contributed by atoms with Crippen LogP contribution in [0, 0.1) is 17.8 Å². The first-order chi connectivity index (χ1) is 7.45. The first-order valence-corrected chi connectivity index (χ1v) is 6.36. The van der Waals surface area contributed by atoms with Gasteiger partial charge in [0.05, 0.1) is 0 Å². The zero-order valence-electron chi connectivity index (χ0n) is 11.2. The molecule has 2 atom stereocenters. The second-order valence-corrected chi connectivity index (χ2v) is 5.98. The summed E-state index contributed by atoms with van der Waals surface area (Å²) in [7, 11) is 0. The minimum atomic E-state index is 0.338. The third-order valence-corrected chi connectivity index (χ3v) is 3.51. The van der Waals surface area contributed by atoms with E-state index in [-0.39, 0.29) is 0 Å². The summed E-state index contributed by atoms with van der Waals surface area (Å²) < 4.78 is 0. The molecule has 0 aromatic rings. The maximum atomic E-state index is 5.29. The summed E-state index contributed by atoms with van der Waals surface area (Å²) in [6.07, 6.45) is 7.32. The normalized spacial score (nSPS) is 27.7. The van der Waals surface area contributed by atoms with Crippen LogP contribution in [0.4, 0.5) is 0 Å². The number of rotatable bonds is 3. The molecule has 1 aliphatic rings. The van der Waals surface area contributed by atoms with E-state index in [0.717, 1.165) is 32.5 Å². The van der Waals surface area contributed by atoms with Crippen LogP contribution in [0.25, 0.3) is 0 Å². The second kappa shape index (κ2) is 5.70. The monoisotopic (exact) mass is 222 g/mol. The highest BCUT2D eigenvalue weighted by Crippen LogP contribution is 2.23. The van der Waals surface area contributed by atoms with Gasteiger partial charge >= 0.3 is 0 Å². The highest BCUT2D eigenvalue weighted by atomic mass is 15.2. The molecule has 1 rings (SSSR count). The Morgan fingerprint density at radius 3 is 2.69 bits per heavy atom. The summed E-state index contributed by atoms with van der Waals surface area (Å²) in [6.45, 7) is 12.6. The number of nitrogens with zero attached hydrogens (tertiary/aromatic N) is 1. The van der Waals surface area contributed by atoms with Gasteiger partial charge in [0.15, 0.2) is 0 Å². The predicted octanol–water partition coefficient (Wildman–Crippen LogP) is 2.11. The van der Waals surface area contributed by atoms with E-state index < -0.39 is 0 Å². The molecule has 1 heterocycles. The van der Waals surface area contributed by atoms with Gasteiger partial charge < -0.3 is 5.32 Å². The van der Waals surface area contributed by atoms with E-state index in [9.17, 15) is 0 Å². The van der Waals surface area contributed by atoms with Crippen LogP contribution in [0.15, 0.2) is 0 Å². The Morgan fingerprint density at radius 1 is 1.44 bits per heavy atom. The topological polar surface area (TPSA) is 15.3 Å². The molecule has 2 heteroatoms. The standard InChI is InChI=1S/C14H26N2/c1-6-7-8-9-16-11-13(14(3,4)5)15-10-12(16)2/h1,12-13,15H,7-11H2,2-5H3. The van der Waals surface area contributed by atoms with Gasteiger partial charge in [0.25, 0.3) is 0 Å². The summed E-state index contributed by atoms with van der Waals surface area (Å²) in [5.41, 5.74) is 0.338. The van der Waals surface area contributed by atoms with Crippen LogP contribution in [0.3, 0.4) is 0 Å². The van der Waals surface area contributed by atoms with Crippen LogP contribution in [-0.2, 0) is 0 Å². The third kappa shape index (κ3) is 3.81. The van der Waals surface area contributed by atoms with Crippen LogP contribution in [-0.4, -0.2) is 36.6 Å². The molecule has 0 aromatic heterocycles. The molecule has 0 amide bonds. The molecule has 1 aliphatic heterocycles. The summed E-state index contributed by atoms with van der Waals surface area (Å²) in [6, 6.07) is 1.23. The Kier molecular flexibility index (Phi) is 4.83. The van der Waals surface area contributed by atoms with E-state index >= 15 is 0 Å². The lowest BCUT2D eigenvalue weighted by atomic mass is 9.85. The summed E-state index contributed by atoms with van der Waals surface area (Å²) in [5.74, 6) is 2.72. The van der Waals surface area contributed by atoms with Gasteiger partial charge in [-0.15, -0.1) is 12.3 Å². The molecule has 1 N–H and O–H groups in total. The van der Waals surface area contributed by atoms with E-state index in [4.69, 9.17) is 6.42 Å². The quantitative estimate of drug-likeness (QED) is 0.581. The zero-order chi connectivity index (χ0) is 12.2.